The lowest BCUT2D eigenvalue weighted by Gasteiger charge is -2.24. The number of fused-ring (bicyclic) bond motifs is 1. The molecular formula is C15H22N2O. The molecule has 0 saturated heterocycles. The van der Waals surface area contributed by atoms with E-state index in [0.717, 1.165) is 25.8 Å². The fourth-order valence-electron chi connectivity index (χ4n) is 2.49. The van der Waals surface area contributed by atoms with E-state index in [9.17, 15) is 4.79 Å². The van der Waals surface area contributed by atoms with Crippen LogP contribution in [0.1, 0.15) is 32.3 Å². The number of rotatable bonds is 5. The second-order valence-electron chi connectivity index (χ2n) is 5.01. The standard InChI is InChI=1S/C15H22N2O/c1-3-4-9-16-15(18)11-17-12(2)10-13-7-5-6-8-14(13)17/h5-8,12H,3-4,9-11H2,1-2H3,(H,16,18). The molecule has 1 N–H and O–H groups in total. The molecule has 0 spiro atoms. The van der Waals surface area contributed by atoms with Crippen LogP contribution in [0.4, 0.5) is 5.69 Å². The second-order valence-corrected chi connectivity index (χ2v) is 5.01. The van der Waals surface area contributed by atoms with Gasteiger partial charge < -0.3 is 10.2 Å². The Balaban J connectivity index is 1.95. The largest absolute Gasteiger partial charge is 0.359 e. The molecule has 1 atom stereocenters. The van der Waals surface area contributed by atoms with Crippen LogP contribution in [0.2, 0.25) is 0 Å². The first-order valence-electron chi connectivity index (χ1n) is 6.83. The third-order valence-corrected chi connectivity index (χ3v) is 3.51. The average Bonchev–Trinajstić information content (AvgIpc) is 2.67. The van der Waals surface area contributed by atoms with Crippen LogP contribution in [0.15, 0.2) is 24.3 Å². The minimum atomic E-state index is 0.131. The Bertz CT molecular complexity index is 417. The number of anilines is 1. The lowest BCUT2D eigenvalue weighted by atomic mass is 10.1. The Kier molecular flexibility index (Phi) is 4.24. The number of carbonyl (C=O) groups excluding carboxylic acids is 1. The summed E-state index contributed by atoms with van der Waals surface area (Å²) in [5.74, 6) is 0.131. The molecule has 0 radical (unpaired) electrons. The molecule has 1 aromatic carbocycles. The van der Waals surface area contributed by atoms with E-state index in [2.05, 4.69) is 42.3 Å². The molecule has 98 valence electrons. The van der Waals surface area contributed by atoms with Crippen LogP contribution in [0.25, 0.3) is 0 Å². The number of nitrogens with zero attached hydrogens (tertiary/aromatic N) is 1. The number of nitrogens with one attached hydrogen (secondary N) is 1. The first-order chi connectivity index (χ1) is 8.72. The summed E-state index contributed by atoms with van der Waals surface area (Å²) < 4.78 is 0. The zero-order chi connectivity index (χ0) is 13.0. The van der Waals surface area contributed by atoms with Gasteiger partial charge in [-0.2, -0.15) is 0 Å². The summed E-state index contributed by atoms with van der Waals surface area (Å²) in [5, 5.41) is 2.98. The van der Waals surface area contributed by atoms with Gasteiger partial charge in [-0.25, -0.2) is 0 Å². The molecule has 1 amide bonds. The highest BCUT2D eigenvalue weighted by Crippen LogP contribution is 2.31. The first kappa shape index (κ1) is 12.9. The summed E-state index contributed by atoms with van der Waals surface area (Å²) in [4.78, 5) is 14.1. The van der Waals surface area contributed by atoms with Gasteiger partial charge >= 0.3 is 0 Å². The van der Waals surface area contributed by atoms with E-state index in [0.29, 0.717) is 12.6 Å². The van der Waals surface area contributed by atoms with Gasteiger partial charge in [0.05, 0.1) is 6.54 Å². The molecule has 0 aromatic heterocycles. The van der Waals surface area contributed by atoms with Crippen molar-refractivity contribution in [2.24, 2.45) is 0 Å². The smallest absolute Gasteiger partial charge is 0.239 e. The van der Waals surface area contributed by atoms with Gasteiger partial charge in [-0.3, -0.25) is 4.79 Å². The van der Waals surface area contributed by atoms with Crippen molar-refractivity contribution in [3.63, 3.8) is 0 Å². The quantitative estimate of drug-likeness (QED) is 0.809. The molecular weight excluding hydrogens is 224 g/mol. The van der Waals surface area contributed by atoms with Gasteiger partial charge in [0.25, 0.3) is 0 Å². The number of carbonyl (C=O) groups is 1. The predicted octanol–water partition coefficient (Wildman–Crippen LogP) is 2.35. The van der Waals surface area contributed by atoms with E-state index in [1.54, 1.807) is 0 Å². The Hall–Kier alpha value is -1.51. The molecule has 1 aliphatic rings. The summed E-state index contributed by atoms with van der Waals surface area (Å²) in [5.41, 5.74) is 2.57. The van der Waals surface area contributed by atoms with Crippen LogP contribution in [-0.2, 0) is 11.2 Å². The first-order valence-corrected chi connectivity index (χ1v) is 6.83. The molecule has 1 heterocycles. The van der Waals surface area contributed by atoms with Crippen LogP contribution < -0.4 is 10.2 Å². The number of hydrogen-bond donors (Lipinski definition) is 1. The van der Waals surface area contributed by atoms with Gasteiger partial charge in [0.15, 0.2) is 0 Å². The minimum Gasteiger partial charge on any atom is -0.359 e. The SMILES string of the molecule is CCCCNC(=O)CN1c2ccccc2CC1C. The molecule has 1 aliphatic heterocycles. The number of amides is 1. The van der Waals surface area contributed by atoms with Crippen molar-refractivity contribution in [2.75, 3.05) is 18.0 Å². The van der Waals surface area contributed by atoms with E-state index in [-0.39, 0.29) is 5.91 Å². The van der Waals surface area contributed by atoms with Gasteiger partial charge in [0.1, 0.15) is 0 Å². The third kappa shape index (κ3) is 2.84. The van der Waals surface area contributed by atoms with Crippen molar-refractivity contribution < 1.29 is 4.79 Å². The zero-order valence-corrected chi connectivity index (χ0v) is 11.3. The van der Waals surface area contributed by atoms with E-state index < -0.39 is 0 Å². The summed E-state index contributed by atoms with van der Waals surface area (Å²) >= 11 is 0. The van der Waals surface area contributed by atoms with E-state index in [1.807, 2.05) is 6.07 Å². The average molecular weight is 246 g/mol. The van der Waals surface area contributed by atoms with Gasteiger partial charge in [0, 0.05) is 18.3 Å². The van der Waals surface area contributed by atoms with E-state index in [1.165, 1.54) is 11.3 Å². The van der Waals surface area contributed by atoms with Crippen LogP contribution in [0, 0.1) is 0 Å². The molecule has 0 bridgehead atoms. The predicted molar refractivity (Wildman–Crippen MR) is 74.9 cm³/mol. The normalized spacial score (nSPS) is 17.7. The van der Waals surface area contributed by atoms with Crippen LogP contribution in [-0.4, -0.2) is 25.0 Å². The van der Waals surface area contributed by atoms with Gasteiger partial charge in [-0.05, 0) is 31.4 Å². The maximum absolute atomic E-state index is 11.9. The fourth-order valence-corrected chi connectivity index (χ4v) is 2.49. The highest BCUT2D eigenvalue weighted by atomic mass is 16.2. The Morgan fingerprint density at radius 1 is 1.44 bits per heavy atom. The van der Waals surface area contributed by atoms with Crippen molar-refractivity contribution in [1.29, 1.82) is 0 Å². The van der Waals surface area contributed by atoms with Crippen LogP contribution in [0.3, 0.4) is 0 Å². The lowest BCUT2D eigenvalue weighted by molar-refractivity contribution is -0.119. The summed E-state index contributed by atoms with van der Waals surface area (Å²) in [7, 11) is 0. The van der Waals surface area contributed by atoms with Crippen molar-refractivity contribution in [3.05, 3.63) is 29.8 Å². The fraction of sp³-hybridized carbons (Fsp3) is 0.533. The highest BCUT2D eigenvalue weighted by molar-refractivity contribution is 5.82. The molecule has 1 aromatic rings. The molecule has 3 heteroatoms. The van der Waals surface area contributed by atoms with Crippen LogP contribution >= 0.6 is 0 Å². The summed E-state index contributed by atoms with van der Waals surface area (Å²) in [6.07, 6.45) is 3.21. The van der Waals surface area contributed by atoms with Gasteiger partial charge in [-0.15, -0.1) is 0 Å². The van der Waals surface area contributed by atoms with Crippen molar-refractivity contribution in [2.45, 2.75) is 39.2 Å². The Morgan fingerprint density at radius 2 is 2.22 bits per heavy atom. The molecule has 0 fully saturated rings. The lowest BCUT2D eigenvalue weighted by Crippen LogP contribution is -2.40. The van der Waals surface area contributed by atoms with E-state index >= 15 is 0 Å². The monoisotopic (exact) mass is 246 g/mol. The highest BCUT2D eigenvalue weighted by Gasteiger charge is 2.26. The third-order valence-electron chi connectivity index (χ3n) is 3.51. The Morgan fingerprint density at radius 3 is 3.00 bits per heavy atom. The Labute approximate surface area is 109 Å². The van der Waals surface area contributed by atoms with Crippen molar-refractivity contribution in [3.8, 4) is 0 Å². The van der Waals surface area contributed by atoms with Crippen molar-refractivity contribution in [1.82, 2.24) is 5.32 Å². The van der Waals surface area contributed by atoms with Crippen LogP contribution in [0.5, 0.6) is 0 Å². The van der Waals surface area contributed by atoms with Gasteiger partial charge in [-0.1, -0.05) is 31.5 Å². The summed E-state index contributed by atoms with van der Waals surface area (Å²) in [6.45, 7) is 5.57. The molecule has 0 aliphatic carbocycles. The number of benzene rings is 1. The zero-order valence-electron chi connectivity index (χ0n) is 11.3. The summed E-state index contributed by atoms with van der Waals surface area (Å²) in [6, 6.07) is 8.79. The second kappa shape index (κ2) is 5.89. The number of unbranched alkanes of at least 4 members (excludes halogenated alkanes) is 1. The minimum absolute atomic E-state index is 0.131. The molecule has 3 nitrogen and oxygen atoms in total. The van der Waals surface area contributed by atoms with Gasteiger partial charge in [0.2, 0.25) is 5.91 Å². The topological polar surface area (TPSA) is 32.3 Å². The molecule has 18 heavy (non-hydrogen) atoms. The molecule has 2 rings (SSSR count). The number of para-hydroxylation sites is 1. The maximum Gasteiger partial charge on any atom is 0.239 e. The number of hydrogen-bond acceptors (Lipinski definition) is 2. The van der Waals surface area contributed by atoms with Crippen molar-refractivity contribution >= 4 is 11.6 Å². The molecule has 1 unspecified atom stereocenters. The maximum atomic E-state index is 11.9. The molecule has 0 saturated carbocycles. The van der Waals surface area contributed by atoms with E-state index in [4.69, 9.17) is 0 Å².